The number of aromatic nitrogens is 4. The van der Waals surface area contributed by atoms with Crippen LogP contribution < -0.4 is 5.32 Å². The molecule has 1 aliphatic heterocycles. The van der Waals surface area contributed by atoms with Crippen LogP contribution in [-0.2, 0) is 11.3 Å². The molecule has 1 unspecified atom stereocenters. The molecule has 1 saturated heterocycles. The van der Waals surface area contributed by atoms with E-state index in [2.05, 4.69) is 20.3 Å². The fourth-order valence-electron chi connectivity index (χ4n) is 3.13. The van der Waals surface area contributed by atoms with E-state index >= 15 is 0 Å². The van der Waals surface area contributed by atoms with Gasteiger partial charge < -0.3 is 34.4 Å². The summed E-state index contributed by atoms with van der Waals surface area (Å²) < 4.78 is 13.0. The van der Waals surface area contributed by atoms with Crippen molar-refractivity contribution < 1.29 is 24.5 Å². The molecule has 27 heavy (non-hydrogen) atoms. The molecule has 0 radical (unpaired) electrons. The summed E-state index contributed by atoms with van der Waals surface area (Å²) in [6, 6.07) is 1.69. The number of aliphatic hydroxyl groups is 3. The van der Waals surface area contributed by atoms with Gasteiger partial charge >= 0.3 is 0 Å². The van der Waals surface area contributed by atoms with E-state index in [0.29, 0.717) is 23.5 Å². The molecule has 4 N–H and O–H groups in total. The smallest absolute Gasteiger partial charge is 0.194 e. The number of nitrogens with one attached hydrogen (secondary N) is 1. The Labute approximate surface area is 154 Å². The number of nitrogens with zero attached hydrogens (tertiary/aromatic N) is 4. The lowest BCUT2D eigenvalue weighted by atomic mass is 10.1. The second kappa shape index (κ2) is 7.61. The molecule has 4 heterocycles. The lowest BCUT2D eigenvalue weighted by molar-refractivity contribution is -0.0251. The minimum absolute atomic E-state index is 0.225. The van der Waals surface area contributed by atoms with Gasteiger partial charge in [-0.1, -0.05) is 0 Å². The minimum atomic E-state index is -1.22. The molecule has 0 saturated carbocycles. The summed E-state index contributed by atoms with van der Waals surface area (Å²) in [6.07, 6.45) is 3.52. The van der Waals surface area contributed by atoms with Crippen LogP contribution in [0.2, 0.25) is 0 Å². The molecular formula is C17H21N5O5. The Morgan fingerprint density at radius 2 is 2.11 bits per heavy atom. The van der Waals surface area contributed by atoms with Crippen molar-refractivity contribution in [1.82, 2.24) is 19.5 Å². The average Bonchev–Trinajstić information content (AvgIpc) is 3.41. The third-order valence-electron chi connectivity index (χ3n) is 4.56. The zero-order valence-corrected chi connectivity index (χ0v) is 14.5. The first-order valence-corrected chi connectivity index (χ1v) is 8.74. The van der Waals surface area contributed by atoms with Crippen LogP contribution in [0.1, 0.15) is 18.3 Å². The van der Waals surface area contributed by atoms with Gasteiger partial charge in [0, 0.05) is 31.5 Å². The molecule has 10 nitrogen and oxygen atoms in total. The monoisotopic (exact) mass is 375 g/mol. The van der Waals surface area contributed by atoms with E-state index in [9.17, 15) is 15.3 Å². The van der Waals surface area contributed by atoms with Crippen molar-refractivity contribution in [3.63, 3.8) is 0 Å². The lowest BCUT2D eigenvalue weighted by Crippen LogP contribution is -2.32. The third-order valence-corrected chi connectivity index (χ3v) is 4.56. The highest BCUT2D eigenvalue weighted by Crippen LogP contribution is 2.33. The highest BCUT2D eigenvalue weighted by molar-refractivity contribution is 5.83. The van der Waals surface area contributed by atoms with E-state index in [4.69, 9.17) is 9.15 Å². The highest BCUT2D eigenvalue weighted by atomic mass is 16.6. The molecule has 3 aromatic rings. The molecule has 0 amide bonds. The van der Waals surface area contributed by atoms with Crippen LogP contribution in [0.4, 0.5) is 5.82 Å². The molecule has 0 spiro atoms. The summed E-state index contributed by atoms with van der Waals surface area (Å²) in [7, 11) is 0. The Morgan fingerprint density at radius 1 is 1.22 bits per heavy atom. The Kier molecular flexibility index (Phi) is 5.03. The Hall–Kier alpha value is -2.53. The number of fused-ring (bicyclic) bond motifs is 1. The Balaban J connectivity index is 1.51. The van der Waals surface area contributed by atoms with Gasteiger partial charge in [-0.25, -0.2) is 15.0 Å². The van der Waals surface area contributed by atoms with Crippen molar-refractivity contribution >= 4 is 16.9 Å². The number of rotatable bonds is 7. The number of aliphatic hydroxyl groups excluding tert-OH is 3. The van der Waals surface area contributed by atoms with E-state index in [1.54, 1.807) is 18.6 Å². The summed E-state index contributed by atoms with van der Waals surface area (Å²) in [5.41, 5.74) is 1.07. The minimum Gasteiger partial charge on any atom is -0.459 e. The van der Waals surface area contributed by atoms with E-state index in [-0.39, 0.29) is 5.82 Å². The van der Waals surface area contributed by atoms with Crippen LogP contribution in [0.3, 0.4) is 0 Å². The predicted molar refractivity (Wildman–Crippen MR) is 93.9 cm³/mol. The topological polar surface area (TPSA) is 139 Å². The first-order chi connectivity index (χ1) is 13.2. The number of anilines is 1. The van der Waals surface area contributed by atoms with Crippen LogP contribution in [-0.4, -0.2) is 66.3 Å². The second-order valence-corrected chi connectivity index (χ2v) is 6.41. The molecule has 4 rings (SSSR count). The summed E-state index contributed by atoms with van der Waals surface area (Å²) in [5.74, 6) is 0.715. The summed E-state index contributed by atoms with van der Waals surface area (Å²) in [5, 5.41) is 32.7. The highest BCUT2D eigenvalue weighted by Gasteiger charge is 2.44. The molecule has 3 aromatic heterocycles. The number of ether oxygens (including phenoxy) is 1. The van der Waals surface area contributed by atoms with Crippen molar-refractivity contribution in [2.24, 2.45) is 0 Å². The van der Waals surface area contributed by atoms with Gasteiger partial charge in [0.1, 0.15) is 29.9 Å². The maximum Gasteiger partial charge on any atom is 0.194 e. The molecule has 0 aliphatic carbocycles. The summed E-state index contributed by atoms with van der Waals surface area (Å²) in [6.45, 7) is 1.05. The molecule has 4 atom stereocenters. The van der Waals surface area contributed by atoms with Gasteiger partial charge in [-0.05, 0) is 6.42 Å². The van der Waals surface area contributed by atoms with Crippen LogP contribution in [0.15, 0.2) is 35.5 Å². The van der Waals surface area contributed by atoms with Gasteiger partial charge in [-0.15, -0.1) is 0 Å². The molecule has 0 aromatic carbocycles. The van der Waals surface area contributed by atoms with Gasteiger partial charge in [-0.2, -0.15) is 0 Å². The van der Waals surface area contributed by atoms with Crippen LogP contribution in [0, 0.1) is 0 Å². The van der Waals surface area contributed by atoms with Crippen molar-refractivity contribution in [2.45, 2.75) is 37.4 Å². The largest absolute Gasteiger partial charge is 0.459 e. The number of hydrogen-bond acceptors (Lipinski definition) is 9. The SMILES string of the molecule is OC[C@H]1OC(c2nc(NCCCn3ccnc3)c3occc3n2)[C@H](O)[C@@H]1O. The average molecular weight is 375 g/mol. The normalized spacial score (nSPS) is 25.3. The first-order valence-electron chi connectivity index (χ1n) is 8.74. The zero-order chi connectivity index (χ0) is 18.8. The fraction of sp³-hybridized carbons (Fsp3) is 0.471. The number of aryl methyl sites for hydroxylation is 1. The van der Waals surface area contributed by atoms with Crippen molar-refractivity contribution in [3.05, 3.63) is 36.9 Å². The summed E-state index contributed by atoms with van der Waals surface area (Å²) in [4.78, 5) is 12.8. The molecular weight excluding hydrogens is 354 g/mol. The van der Waals surface area contributed by atoms with Crippen LogP contribution in [0.25, 0.3) is 11.1 Å². The summed E-state index contributed by atoms with van der Waals surface area (Å²) >= 11 is 0. The molecule has 144 valence electrons. The van der Waals surface area contributed by atoms with Crippen molar-refractivity contribution in [1.29, 1.82) is 0 Å². The van der Waals surface area contributed by atoms with Crippen molar-refractivity contribution in [2.75, 3.05) is 18.5 Å². The number of furan rings is 1. The fourth-order valence-corrected chi connectivity index (χ4v) is 3.13. The van der Waals surface area contributed by atoms with E-state index in [1.807, 2.05) is 10.8 Å². The Morgan fingerprint density at radius 3 is 2.85 bits per heavy atom. The predicted octanol–water partition coefficient (Wildman–Crippen LogP) is 0.0755. The molecule has 1 aliphatic rings. The first kappa shape index (κ1) is 17.9. The standard InChI is InChI=1S/C17H21N5O5/c23-8-11-12(24)13(25)15(27-11)17-20-10-2-7-26-14(10)16(21-17)19-3-1-5-22-6-4-18-9-22/h2,4,6-7,9,11-13,15,23-25H,1,3,5,8H2,(H,19,20,21)/t11-,12-,13-,15?/m1/s1. The number of hydrogen-bond donors (Lipinski definition) is 4. The van der Waals surface area contributed by atoms with E-state index < -0.39 is 31.0 Å². The van der Waals surface area contributed by atoms with Crippen LogP contribution in [0.5, 0.6) is 0 Å². The van der Waals surface area contributed by atoms with Crippen molar-refractivity contribution in [3.8, 4) is 0 Å². The quantitative estimate of drug-likeness (QED) is 0.423. The van der Waals surface area contributed by atoms with Crippen LogP contribution >= 0.6 is 0 Å². The third kappa shape index (κ3) is 3.52. The van der Waals surface area contributed by atoms with E-state index in [0.717, 1.165) is 13.0 Å². The van der Waals surface area contributed by atoms with Gasteiger partial charge in [0.05, 0.1) is 19.2 Å². The maximum atomic E-state index is 10.2. The van der Waals surface area contributed by atoms with Gasteiger partial charge in [0.15, 0.2) is 17.2 Å². The molecule has 10 heteroatoms. The second-order valence-electron chi connectivity index (χ2n) is 6.41. The maximum absolute atomic E-state index is 10.2. The lowest BCUT2D eigenvalue weighted by Gasteiger charge is -2.15. The zero-order valence-electron chi connectivity index (χ0n) is 14.5. The Bertz CT molecular complexity index is 883. The molecule has 0 bridgehead atoms. The van der Waals surface area contributed by atoms with Gasteiger partial charge in [-0.3, -0.25) is 0 Å². The van der Waals surface area contributed by atoms with Gasteiger partial charge in [0.2, 0.25) is 0 Å². The van der Waals surface area contributed by atoms with Gasteiger partial charge in [0.25, 0.3) is 0 Å². The number of imidazole rings is 1. The molecule has 1 fully saturated rings. The van der Waals surface area contributed by atoms with E-state index in [1.165, 1.54) is 6.26 Å².